The lowest BCUT2D eigenvalue weighted by Crippen LogP contribution is -2.49. The van der Waals surface area contributed by atoms with Gasteiger partial charge in [0, 0.05) is 32.2 Å². The Morgan fingerprint density at radius 2 is 1.59 bits per heavy atom. The number of hydrogen-bond acceptors (Lipinski definition) is 8. The minimum Gasteiger partial charge on any atom is -0.337 e. The minimum absolute atomic E-state index is 0.163. The van der Waals surface area contributed by atoms with E-state index in [4.69, 9.17) is 0 Å². The van der Waals surface area contributed by atoms with E-state index >= 15 is 0 Å². The first kappa shape index (κ1) is 19.0. The number of rotatable bonds is 5. The van der Waals surface area contributed by atoms with E-state index in [1.54, 1.807) is 4.68 Å². The maximum atomic E-state index is 13.0. The summed E-state index contributed by atoms with van der Waals surface area (Å²) in [7, 11) is -3.99. The van der Waals surface area contributed by atoms with Gasteiger partial charge in [0.2, 0.25) is 16.0 Å². The number of piperazine rings is 1. The molecule has 1 saturated heterocycles. The highest BCUT2D eigenvalue weighted by atomic mass is 32.2. The normalized spacial score (nSPS) is 15.4. The van der Waals surface area contributed by atoms with Gasteiger partial charge in [0.1, 0.15) is 0 Å². The van der Waals surface area contributed by atoms with Crippen LogP contribution in [0.25, 0.3) is 5.69 Å². The predicted octanol–water partition coefficient (Wildman–Crippen LogP) is 1.08. The molecule has 0 amide bonds. The first-order valence-electron chi connectivity index (χ1n) is 8.81. The largest absolute Gasteiger partial charge is 0.337 e. The molecule has 1 aromatic heterocycles. The van der Waals surface area contributed by atoms with Crippen LogP contribution in [0.1, 0.15) is 0 Å². The molecule has 1 fully saturated rings. The third-order valence-corrected chi connectivity index (χ3v) is 6.60. The lowest BCUT2D eigenvalue weighted by Gasteiger charge is -2.33. The van der Waals surface area contributed by atoms with Crippen LogP contribution in [-0.4, -0.2) is 64.0 Å². The fourth-order valence-corrected chi connectivity index (χ4v) is 4.79. The van der Waals surface area contributed by atoms with Crippen molar-refractivity contribution in [2.75, 3.05) is 31.1 Å². The van der Waals surface area contributed by atoms with Crippen LogP contribution in [0.4, 0.5) is 11.6 Å². The number of benzene rings is 2. The second kappa shape index (κ2) is 7.56. The number of nitrogens with zero attached hydrogens (tertiary/aromatic N) is 7. The van der Waals surface area contributed by atoms with Gasteiger partial charge in [-0.25, -0.2) is 8.42 Å². The number of para-hydroxylation sites is 2. The summed E-state index contributed by atoms with van der Waals surface area (Å²) in [5.41, 5.74) is 0.366. The molecule has 0 spiro atoms. The second-order valence-electron chi connectivity index (χ2n) is 6.34. The van der Waals surface area contributed by atoms with Crippen LogP contribution in [0.5, 0.6) is 0 Å². The molecule has 0 atom stereocenters. The Balaban J connectivity index is 1.54. The molecule has 4 rings (SSSR count). The summed E-state index contributed by atoms with van der Waals surface area (Å²) in [6.45, 7) is 1.03. The first-order chi connectivity index (χ1) is 14.0. The smallest absolute Gasteiger partial charge is 0.289 e. The summed E-state index contributed by atoms with van der Waals surface area (Å²) in [5, 5.41) is 23.0. The van der Waals surface area contributed by atoms with Crippen molar-refractivity contribution >= 4 is 21.7 Å². The lowest BCUT2D eigenvalue weighted by atomic mass is 10.3. The molecule has 0 aliphatic carbocycles. The molecular formula is C17H17N7O4S. The highest BCUT2D eigenvalue weighted by Gasteiger charge is 2.34. The van der Waals surface area contributed by atoms with Crippen LogP contribution in [-0.2, 0) is 10.0 Å². The van der Waals surface area contributed by atoms with Crippen molar-refractivity contribution in [2.24, 2.45) is 0 Å². The molecular weight excluding hydrogens is 398 g/mol. The van der Waals surface area contributed by atoms with Gasteiger partial charge in [-0.1, -0.05) is 35.4 Å². The molecule has 2 heterocycles. The standard InChI is InChI=1S/C17H17N7O4S/c25-24(26)15-8-4-5-9-16(15)29(27,28)22-12-10-21(11-13-22)17-18-19-20-23(17)14-6-2-1-3-7-14/h1-9H,10-13H2. The van der Waals surface area contributed by atoms with Gasteiger partial charge in [-0.3, -0.25) is 10.1 Å². The highest BCUT2D eigenvalue weighted by Crippen LogP contribution is 2.27. The summed E-state index contributed by atoms with van der Waals surface area (Å²) in [5.74, 6) is 0.513. The molecule has 12 heteroatoms. The van der Waals surface area contributed by atoms with Crippen LogP contribution in [0, 0.1) is 10.1 Å². The van der Waals surface area contributed by atoms with Gasteiger partial charge in [-0.05, 0) is 28.6 Å². The molecule has 0 radical (unpaired) electrons. The lowest BCUT2D eigenvalue weighted by molar-refractivity contribution is -0.387. The number of anilines is 1. The van der Waals surface area contributed by atoms with E-state index in [-0.39, 0.29) is 18.0 Å². The van der Waals surface area contributed by atoms with Gasteiger partial charge in [-0.15, -0.1) is 0 Å². The number of nitro benzene ring substituents is 1. The highest BCUT2D eigenvalue weighted by molar-refractivity contribution is 7.89. The number of sulfonamides is 1. The Labute approximate surface area is 166 Å². The van der Waals surface area contributed by atoms with Gasteiger partial charge in [0.15, 0.2) is 4.90 Å². The topological polar surface area (TPSA) is 127 Å². The minimum atomic E-state index is -3.99. The molecule has 0 bridgehead atoms. The van der Waals surface area contributed by atoms with Crippen LogP contribution in [0.15, 0.2) is 59.5 Å². The van der Waals surface area contributed by atoms with Gasteiger partial charge in [0.25, 0.3) is 5.69 Å². The van der Waals surface area contributed by atoms with Crippen LogP contribution in [0.2, 0.25) is 0 Å². The first-order valence-corrected chi connectivity index (χ1v) is 10.2. The summed E-state index contributed by atoms with van der Waals surface area (Å²) in [4.78, 5) is 12.1. The SMILES string of the molecule is O=[N+]([O-])c1ccccc1S(=O)(=O)N1CCN(c2nnnn2-c2ccccc2)CC1. The average molecular weight is 415 g/mol. The molecule has 1 aliphatic heterocycles. The fraction of sp³-hybridized carbons (Fsp3) is 0.235. The predicted molar refractivity (Wildman–Crippen MR) is 103 cm³/mol. The van der Waals surface area contributed by atoms with Gasteiger partial charge in [0.05, 0.1) is 10.6 Å². The number of hydrogen-bond donors (Lipinski definition) is 0. The Kier molecular flexibility index (Phi) is 4.94. The number of aromatic nitrogens is 4. The summed E-state index contributed by atoms with van der Waals surface area (Å²) < 4.78 is 28.7. The maximum absolute atomic E-state index is 13.0. The molecule has 1 aliphatic rings. The molecule has 0 N–H and O–H groups in total. The van der Waals surface area contributed by atoms with Crippen molar-refractivity contribution in [3.8, 4) is 5.69 Å². The number of tetrazole rings is 1. The van der Waals surface area contributed by atoms with Gasteiger partial charge < -0.3 is 4.90 Å². The quantitative estimate of drug-likeness (QED) is 0.447. The van der Waals surface area contributed by atoms with Crippen molar-refractivity contribution in [2.45, 2.75) is 4.90 Å². The Bertz CT molecular complexity index is 1130. The maximum Gasteiger partial charge on any atom is 0.289 e. The Morgan fingerprint density at radius 1 is 0.931 bits per heavy atom. The third-order valence-electron chi connectivity index (χ3n) is 4.66. The average Bonchev–Trinajstić information content (AvgIpc) is 3.24. The van der Waals surface area contributed by atoms with Gasteiger partial charge in [-0.2, -0.15) is 8.99 Å². The zero-order valence-corrected chi connectivity index (χ0v) is 16.0. The molecule has 150 valence electrons. The monoisotopic (exact) mass is 415 g/mol. The zero-order chi connectivity index (χ0) is 20.4. The summed E-state index contributed by atoms with van der Waals surface area (Å²) in [6.07, 6.45) is 0. The summed E-state index contributed by atoms with van der Waals surface area (Å²) in [6, 6.07) is 14.7. The molecule has 29 heavy (non-hydrogen) atoms. The van der Waals surface area contributed by atoms with E-state index in [0.717, 1.165) is 5.69 Å². The molecule has 2 aromatic carbocycles. The van der Waals surface area contributed by atoms with Crippen LogP contribution >= 0.6 is 0 Å². The van der Waals surface area contributed by atoms with E-state index in [2.05, 4.69) is 15.5 Å². The molecule has 0 saturated carbocycles. The third kappa shape index (κ3) is 3.54. The van der Waals surface area contributed by atoms with E-state index in [1.165, 1.54) is 28.6 Å². The van der Waals surface area contributed by atoms with E-state index < -0.39 is 20.6 Å². The Morgan fingerprint density at radius 3 is 2.28 bits per heavy atom. The molecule has 3 aromatic rings. The van der Waals surface area contributed by atoms with Crippen molar-refractivity contribution in [3.05, 3.63) is 64.7 Å². The molecule has 11 nitrogen and oxygen atoms in total. The fourth-order valence-electron chi connectivity index (χ4n) is 3.21. The van der Waals surface area contributed by atoms with Crippen LogP contribution < -0.4 is 4.90 Å². The van der Waals surface area contributed by atoms with Gasteiger partial charge >= 0.3 is 0 Å². The summed E-state index contributed by atoms with van der Waals surface area (Å²) >= 11 is 0. The zero-order valence-electron chi connectivity index (χ0n) is 15.2. The van der Waals surface area contributed by atoms with E-state index in [0.29, 0.717) is 19.0 Å². The van der Waals surface area contributed by atoms with Crippen LogP contribution in [0.3, 0.4) is 0 Å². The van der Waals surface area contributed by atoms with E-state index in [9.17, 15) is 18.5 Å². The van der Waals surface area contributed by atoms with Crippen molar-refractivity contribution in [1.82, 2.24) is 24.5 Å². The Hall–Kier alpha value is -3.38. The van der Waals surface area contributed by atoms with Crippen molar-refractivity contribution < 1.29 is 13.3 Å². The molecule has 0 unspecified atom stereocenters. The van der Waals surface area contributed by atoms with Crippen molar-refractivity contribution in [1.29, 1.82) is 0 Å². The van der Waals surface area contributed by atoms with E-state index in [1.807, 2.05) is 35.2 Å². The van der Waals surface area contributed by atoms with Crippen molar-refractivity contribution in [3.63, 3.8) is 0 Å². The number of nitro groups is 1. The second-order valence-corrected chi connectivity index (χ2v) is 8.25.